The Balaban J connectivity index is 0. The van der Waals surface area contributed by atoms with Crippen LogP contribution >= 0.6 is 0 Å². The number of hydrogen-bond acceptors (Lipinski definition) is 4. The quantitative estimate of drug-likeness (QED) is 0.337. The van der Waals surface area contributed by atoms with Crippen LogP contribution in [-0.4, -0.2) is 36.2 Å². The van der Waals surface area contributed by atoms with Crippen LogP contribution in [0.15, 0.2) is 0 Å². The molecule has 6 nitrogen and oxygen atoms in total. The second kappa shape index (κ2) is 10.2. The first-order chi connectivity index (χ1) is 6.45. The van der Waals surface area contributed by atoms with Gasteiger partial charge in [0.1, 0.15) is 0 Å². The van der Waals surface area contributed by atoms with Crippen molar-refractivity contribution in [1.29, 1.82) is 0 Å². The predicted octanol–water partition coefficient (Wildman–Crippen LogP) is -0.147. The molecule has 6 N–H and O–H groups in total. The van der Waals surface area contributed by atoms with Crippen molar-refractivity contribution in [3.05, 3.63) is 0 Å². The largest absolute Gasteiger partial charge is 0.349 e. The maximum absolute atomic E-state index is 9.60. The second-order valence-corrected chi connectivity index (χ2v) is 3.05. The van der Waals surface area contributed by atoms with E-state index < -0.39 is 6.03 Å². The Kier molecular flexibility index (Phi) is 11.4. The zero-order valence-electron chi connectivity index (χ0n) is 9.36. The van der Waals surface area contributed by atoms with Crippen molar-refractivity contribution in [3.8, 4) is 0 Å². The average molecular weight is 205 g/mol. The average Bonchev–Trinajstić information content (AvgIpc) is 2.06. The van der Waals surface area contributed by atoms with Crippen molar-refractivity contribution in [3.63, 3.8) is 0 Å². The minimum absolute atomic E-state index is 0.306. The number of amides is 2. The van der Waals surface area contributed by atoms with Crippen molar-refractivity contribution in [2.24, 2.45) is 17.4 Å². The van der Waals surface area contributed by atoms with E-state index in [4.69, 9.17) is 0 Å². The monoisotopic (exact) mass is 205 g/mol. The number of hydrogen-bond donors (Lipinski definition) is 3. The summed E-state index contributed by atoms with van der Waals surface area (Å²) in [7, 11) is 2.17. The van der Waals surface area contributed by atoms with Crippen LogP contribution in [0.25, 0.3) is 0 Å². The molecule has 0 aliphatic rings. The van der Waals surface area contributed by atoms with Gasteiger partial charge in [0.25, 0.3) is 0 Å². The first-order valence-corrected chi connectivity index (χ1v) is 4.73. The fraction of sp³-hybridized carbons (Fsp3) is 0.875. The third-order valence-corrected chi connectivity index (χ3v) is 1.47. The topological polar surface area (TPSA) is 102 Å². The third kappa shape index (κ3) is 13.7. The van der Waals surface area contributed by atoms with Gasteiger partial charge in [0.05, 0.1) is 0 Å². The second-order valence-electron chi connectivity index (χ2n) is 3.05. The zero-order valence-corrected chi connectivity index (χ0v) is 9.36. The minimum Gasteiger partial charge on any atom is -0.349 e. The smallest absolute Gasteiger partial charge is 0.343 e. The van der Waals surface area contributed by atoms with Gasteiger partial charge in [-0.25, -0.2) is 16.5 Å². The molecule has 6 heteroatoms. The van der Waals surface area contributed by atoms with Crippen LogP contribution in [0.3, 0.4) is 0 Å². The fourth-order valence-electron chi connectivity index (χ4n) is 0.875. The van der Waals surface area contributed by atoms with Crippen molar-refractivity contribution in [2.75, 3.05) is 20.1 Å². The summed E-state index contributed by atoms with van der Waals surface area (Å²) in [6.45, 7) is 6.92. The molecule has 0 rings (SSSR count). The molecule has 0 unspecified atom stereocenters. The van der Waals surface area contributed by atoms with Crippen LogP contribution in [0, 0.1) is 0 Å². The van der Waals surface area contributed by atoms with E-state index in [-0.39, 0.29) is 0 Å². The van der Waals surface area contributed by atoms with Gasteiger partial charge in [-0.05, 0) is 33.0 Å². The third-order valence-electron chi connectivity index (χ3n) is 1.47. The number of carbonyl (C=O) groups is 1. The number of nitrogens with two attached hydrogens (primary N) is 3. The number of urea groups is 1. The van der Waals surface area contributed by atoms with Gasteiger partial charge in [-0.15, -0.1) is 0 Å². The molecule has 2 amide bonds. The van der Waals surface area contributed by atoms with Gasteiger partial charge in [0, 0.05) is 0 Å². The van der Waals surface area contributed by atoms with Crippen molar-refractivity contribution in [2.45, 2.75) is 26.7 Å². The molecular weight excluding hydrogens is 182 g/mol. The molecule has 14 heavy (non-hydrogen) atoms. The van der Waals surface area contributed by atoms with E-state index in [2.05, 4.69) is 43.2 Å². The number of nitrogens with zero attached hydrogens (tertiary/aromatic N) is 2. The van der Waals surface area contributed by atoms with Crippen molar-refractivity contribution in [1.82, 2.24) is 10.0 Å². The Morgan fingerprint density at radius 2 is 1.43 bits per heavy atom. The summed E-state index contributed by atoms with van der Waals surface area (Å²) in [5.41, 5.74) is 4.47. The molecule has 0 heterocycles. The van der Waals surface area contributed by atoms with E-state index in [1.165, 1.54) is 25.9 Å². The summed E-state index contributed by atoms with van der Waals surface area (Å²) in [5.74, 6) is 9.14. The molecular formula is C8H23N5O. The molecule has 0 aromatic heterocycles. The summed E-state index contributed by atoms with van der Waals surface area (Å²) >= 11 is 0. The highest BCUT2D eigenvalue weighted by Crippen LogP contribution is 1.86. The Morgan fingerprint density at radius 1 is 1.14 bits per heavy atom. The minimum atomic E-state index is -0.852. The molecule has 0 saturated heterocycles. The van der Waals surface area contributed by atoms with Gasteiger partial charge >= 0.3 is 6.03 Å². The molecule has 0 saturated carbocycles. The van der Waals surface area contributed by atoms with Crippen LogP contribution in [-0.2, 0) is 0 Å². The van der Waals surface area contributed by atoms with E-state index in [0.29, 0.717) is 5.12 Å². The number of primary amides is 1. The lowest BCUT2D eigenvalue weighted by molar-refractivity contribution is 0.210. The Bertz CT molecular complexity index is 134. The van der Waals surface area contributed by atoms with Gasteiger partial charge in [0.15, 0.2) is 0 Å². The van der Waals surface area contributed by atoms with Gasteiger partial charge in [-0.1, -0.05) is 13.8 Å². The molecule has 86 valence electrons. The molecule has 0 atom stereocenters. The first-order valence-electron chi connectivity index (χ1n) is 4.73. The van der Waals surface area contributed by atoms with E-state index in [1.807, 2.05) is 0 Å². The Labute approximate surface area is 85.9 Å². The lowest BCUT2D eigenvalue weighted by Gasteiger charge is -2.12. The summed E-state index contributed by atoms with van der Waals surface area (Å²) in [4.78, 5) is 12.0. The Morgan fingerprint density at radius 3 is 1.57 bits per heavy atom. The maximum atomic E-state index is 9.60. The molecule has 0 aromatic rings. The molecule has 0 fully saturated rings. The lowest BCUT2D eigenvalue weighted by atomic mass is 10.4. The summed E-state index contributed by atoms with van der Waals surface area (Å²) < 4.78 is 0. The molecule has 0 aromatic carbocycles. The zero-order chi connectivity index (χ0) is 11.6. The number of carbonyl (C=O) groups excluding carboxylic acids is 1. The fourth-order valence-corrected chi connectivity index (χ4v) is 0.875. The highest BCUT2D eigenvalue weighted by atomic mass is 16.2. The molecule has 0 spiro atoms. The summed E-state index contributed by atoms with van der Waals surface area (Å²) in [5, 5.41) is 0.306. The SMILES string of the molecule is CCCN(C)CCC.NC(=O)N(N)N. The maximum Gasteiger partial charge on any atom is 0.343 e. The number of hydrazine groups is 2. The van der Waals surface area contributed by atoms with Crippen LogP contribution in [0.1, 0.15) is 26.7 Å². The Hall–Kier alpha value is -0.850. The lowest BCUT2D eigenvalue weighted by Crippen LogP contribution is -2.46. The van der Waals surface area contributed by atoms with Crippen molar-refractivity contribution >= 4 is 6.03 Å². The predicted molar refractivity (Wildman–Crippen MR) is 57.9 cm³/mol. The standard InChI is InChI=1S/C7H17N.CH6N4O/c1-4-6-8(3)7-5-2;2-1(6)5(3)4/h4-7H2,1-3H3;3-4H2,(H2,2,6). The van der Waals surface area contributed by atoms with Crippen LogP contribution in [0.2, 0.25) is 0 Å². The van der Waals surface area contributed by atoms with E-state index in [9.17, 15) is 4.79 Å². The van der Waals surface area contributed by atoms with Crippen LogP contribution in [0.5, 0.6) is 0 Å². The molecule has 0 bridgehead atoms. The van der Waals surface area contributed by atoms with Crippen molar-refractivity contribution < 1.29 is 4.79 Å². The van der Waals surface area contributed by atoms with Gasteiger partial charge in [0.2, 0.25) is 0 Å². The highest BCUT2D eigenvalue weighted by Gasteiger charge is 1.90. The van der Waals surface area contributed by atoms with E-state index in [0.717, 1.165) is 0 Å². The van der Waals surface area contributed by atoms with Gasteiger partial charge < -0.3 is 10.6 Å². The molecule has 0 radical (unpaired) electrons. The number of rotatable bonds is 4. The van der Waals surface area contributed by atoms with E-state index in [1.54, 1.807) is 0 Å². The normalized spacial score (nSPS) is 9.29. The van der Waals surface area contributed by atoms with Crippen LogP contribution in [0.4, 0.5) is 4.79 Å². The van der Waals surface area contributed by atoms with Gasteiger partial charge in [-0.3, -0.25) is 0 Å². The first kappa shape index (κ1) is 15.6. The van der Waals surface area contributed by atoms with E-state index >= 15 is 0 Å². The summed E-state index contributed by atoms with van der Waals surface area (Å²) in [6.07, 6.45) is 2.55. The van der Waals surface area contributed by atoms with Crippen LogP contribution < -0.4 is 17.4 Å². The molecule has 0 aliphatic heterocycles. The van der Waals surface area contributed by atoms with Gasteiger partial charge in [-0.2, -0.15) is 5.12 Å². The summed E-state index contributed by atoms with van der Waals surface area (Å²) in [6, 6.07) is -0.852. The highest BCUT2D eigenvalue weighted by molar-refractivity contribution is 5.70. The molecule has 0 aliphatic carbocycles.